The molecule has 0 saturated carbocycles. The van der Waals surface area contributed by atoms with Crippen molar-refractivity contribution in [3.63, 3.8) is 0 Å². The number of hydrogen-bond acceptors (Lipinski definition) is 4. The molecule has 1 N–H and O–H groups in total. The first-order chi connectivity index (χ1) is 18.6. The molecule has 3 heterocycles. The number of rotatable bonds is 6. The Morgan fingerprint density at radius 2 is 1.77 bits per heavy atom. The molecule has 0 fully saturated rings. The maximum atomic E-state index is 14.6. The van der Waals surface area contributed by atoms with Gasteiger partial charge in [-0.1, -0.05) is 30.3 Å². The molecule has 2 atom stereocenters. The summed E-state index contributed by atoms with van der Waals surface area (Å²) in [5, 5.41) is 2.27. The number of allylic oxidation sites excluding steroid dienone is 1. The van der Waals surface area contributed by atoms with E-state index < -0.39 is 70.3 Å². The molecule has 2 unspecified atom stereocenters. The Morgan fingerprint density at radius 3 is 2.46 bits per heavy atom. The van der Waals surface area contributed by atoms with Crippen LogP contribution in [0.3, 0.4) is 0 Å². The molecule has 39 heavy (non-hydrogen) atoms. The fourth-order valence-electron chi connectivity index (χ4n) is 4.83. The first-order valence-electron chi connectivity index (χ1n) is 12.2. The van der Waals surface area contributed by atoms with Gasteiger partial charge in [0.05, 0.1) is 12.1 Å². The van der Waals surface area contributed by atoms with Crippen molar-refractivity contribution in [3.8, 4) is 5.75 Å². The Morgan fingerprint density at radius 1 is 1.08 bits per heavy atom. The van der Waals surface area contributed by atoms with Gasteiger partial charge in [-0.2, -0.15) is 0 Å². The van der Waals surface area contributed by atoms with Crippen LogP contribution in [0.1, 0.15) is 51.4 Å². The smallest absolute Gasteiger partial charge is 0.275 e. The number of fused-ring (bicyclic) bond motifs is 4. The molecule has 2 aromatic carbocycles. The highest BCUT2D eigenvalue weighted by Crippen LogP contribution is 2.35. The predicted octanol–water partition coefficient (Wildman–Crippen LogP) is 4.42. The second-order valence-electron chi connectivity index (χ2n) is 9.43. The van der Waals surface area contributed by atoms with E-state index in [1.54, 1.807) is 37.3 Å². The number of amides is 2. The third-order valence-corrected chi connectivity index (χ3v) is 6.80. The van der Waals surface area contributed by atoms with Crippen LogP contribution in [0.15, 0.2) is 65.4 Å². The van der Waals surface area contributed by atoms with E-state index in [-0.39, 0.29) is 31.0 Å². The molecule has 202 valence electrons. The molecule has 0 aliphatic carbocycles. The summed E-state index contributed by atoms with van der Waals surface area (Å²) < 4.78 is 63.2. The van der Waals surface area contributed by atoms with E-state index in [1.165, 1.54) is 15.5 Å². The lowest BCUT2D eigenvalue weighted by atomic mass is 10.1. The topological polar surface area (TPSA) is 80.6 Å². The molecule has 2 aliphatic rings. The normalized spacial score (nSPS) is 18.2. The fourth-order valence-corrected chi connectivity index (χ4v) is 4.83. The van der Waals surface area contributed by atoms with Crippen LogP contribution in [-0.2, 0) is 13.2 Å². The summed E-state index contributed by atoms with van der Waals surface area (Å²) in [6.07, 6.45) is 2.38. The van der Waals surface area contributed by atoms with Gasteiger partial charge in [0.15, 0.2) is 11.4 Å². The van der Waals surface area contributed by atoms with Gasteiger partial charge in [-0.3, -0.25) is 14.4 Å². The number of benzene rings is 2. The summed E-state index contributed by atoms with van der Waals surface area (Å²) in [4.78, 5) is 41.6. The van der Waals surface area contributed by atoms with Crippen LogP contribution < -0.4 is 15.5 Å². The molecule has 1 aromatic heterocycles. The summed E-state index contributed by atoms with van der Waals surface area (Å²) in [5.74, 6) is -5.94. The average Bonchev–Trinajstić information content (AvgIpc) is 3.02. The van der Waals surface area contributed by atoms with Crippen LogP contribution >= 0.6 is 0 Å². The van der Waals surface area contributed by atoms with Crippen LogP contribution in [0, 0.1) is 17.5 Å². The molecule has 0 radical (unpaired) electrons. The van der Waals surface area contributed by atoms with E-state index in [1.807, 2.05) is 0 Å². The second-order valence-corrected chi connectivity index (χ2v) is 9.43. The van der Waals surface area contributed by atoms with E-state index in [2.05, 4.69) is 5.32 Å². The Kier molecular flexibility index (Phi) is 6.98. The van der Waals surface area contributed by atoms with Crippen molar-refractivity contribution in [3.05, 3.63) is 111 Å². The van der Waals surface area contributed by atoms with E-state index in [0.29, 0.717) is 17.7 Å². The SMILES string of the molecule is CC1C=C(F)CC2CN1C(=O)c1c(OCc3ccccc3)c(=O)c(C(=O)NCc3c(F)cc(F)cc3F)cn12. The van der Waals surface area contributed by atoms with Crippen LogP contribution in [0.2, 0.25) is 0 Å². The van der Waals surface area contributed by atoms with E-state index in [0.717, 1.165) is 6.20 Å². The minimum atomic E-state index is -1.21. The van der Waals surface area contributed by atoms with Gasteiger partial charge < -0.3 is 19.5 Å². The molecule has 5 rings (SSSR count). The Balaban J connectivity index is 1.56. The summed E-state index contributed by atoms with van der Waals surface area (Å²) in [7, 11) is 0. The zero-order chi connectivity index (χ0) is 27.8. The number of nitrogens with one attached hydrogen (secondary N) is 1. The minimum absolute atomic E-state index is 0.0881. The Labute approximate surface area is 220 Å². The number of halogens is 4. The predicted molar refractivity (Wildman–Crippen MR) is 132 cm³/mol. The molecule has 7 nitrogen and oxygen atoms in total. The standard InChI is InChI=1S/C28H23F4N3O4/c1-15-7-17(29)8-19-12-34(15)28(38)24-26(39-14-16-5-3-2-4-6-16)25(36)21(13-35(19)24)27(37)33-11-20-22(31)9-18(30)10-23(20)32/h2-7,9-10,13,15,19H,8,11-12,14H2,1H3,(H,33,37). The first kappa shape index (κ1) is 26.2. The number of aromatic nitrogens is 1. The lowest BCUT2D eigenvalue weighted by Crippen LogP contribution is -2.47. The van der Waals surface area contributed by atoms with Crippen molar-refractivity contribution in [2.75, 3.05) is 6.54 Å². The Bertz CT molecular complexity index is 1530. The lowest BCUT2D eigenvalue weighted by Gasteiger charge is -2.37. The summed E-state index contributed by atoms with van der Waals surface area (Å²) >= 11 is 0. The van der Waals surface area contributed by atoms with Crippen molar-refractivity contribution < 1.29 is 31.9 Å². The van der Waals surface area contributed by atoms with Crippen LogP contribution in [0.5, 0.6) is 5.75 Å². The van der Waals surface area contributed by atoms with Crippen molar-refractivity contribution in [1.82, 2.24) is 14.8 Å². The maximum Gasteiger partial charge on any atom is 0.275 e. The summed E-state index contributed by atoms with van der Waals surface area (Å²) in [6.45, 7) is 1.02. The molecular formula is C28H23F4N3O4. The van der Waals surface area contributed by atoms with Crippen molar-refractivity contribution in [2.24, 2.45) is 0 Å². The van der Waals surface area contributed by atoms with Crippen molar-refractivity contribution in [1.29, 1.82) is 0 Å². The lowest BCUT2D eigenvalue weighted by molar-refractivity contribution is 0.0625. The monoisotopic (exact) mass is 541 g/mol. The highest BCUT2D eigenvalue weighted by atomic mass is 19.1. The molecule has 11 heteroatoms. The van der Waals surface area contributed by atoms with E-state index in [4.69, 9.17) is 4.74 Å². The maximum absolute atomic E-state index is 14.6. The summed E-state index contributed by atoms with van der Waals surface area (Å²) in [6, 6.07) is 8.55. The average molecular weight is 542 g/mol. The van der Waals surface area contributed by atoms with Gasteiger partial charge in [0.25, 0.3) is 11.8 Å². The van der Waals surface area contributed by atoms with Crippen LogP contribution in [0.25, 0.3) is 0 Å². The van der Waals surface area contributed by atoms with Gasteiger partial charge in [-0.25, -0.2) is 17.6 Å². The van der Waals surface area contributed by atoms with E-state index >= 15 is 0 Å². The van der Waals surface area contributed by atoms with Gasteiger partial charge in [-0.15, -0.1) is 0 Å². The van der Waals surface area contributed by atoms with Crippen LogP contribution in [-0.4, -0.2) is 33.9 Å². The highest BCUT2D eigenvalue weighted by molar-refractivity contribution is 5.99. The third kappa shape index (κ3) is 5.04. The van der Waals surface area contributed by atoms with Crippen molar-refractivity contribution >= 4 is 11.8 Å². The third-order valence-electron chi connectivity index (χ3n) is 6.80. The number of carbonyl (C=O) groups is 2. The van der Waals surface area contributed by atoms with Gasteiger partial charge in [0, 0.05) is 43.4 Å². The van der Waals surface area contributed by atoms with Gasteiger partial charge >= 0.3 is 0 Å². The molecule has 0 spiro atoms. The van der Waals surface area contributed by atoms with Gasteiger partial charge in [0.1, 0.15) is 35.4 Å². The second kappa shape index (κ2) is 10.4. The van der Waals surface area contributed by atoms with E-state index in [9.17, 15) is 31.9 Å². The summed E-state index contributed by atoms with van der Waals surface area (Å²) in [5.41, 5.74) is -1.40. The zero-order valence-corrected chi connectivity index (χ0v) is 20.7. The first-order valence-corrected chi connectivity index (χ1v) is 12.2. The highest BCUT2D eigenvalue weighted by Gasteiger charge is 2.39. The van der Waals surface area contributed by atoms with Crippen molar-refractivity contribution in [2.45, 2.75) is 38.6 Å². The number of hydrogen-bond donors (Lipinski definition) is 1. The molecule has 2 bridgehead atoms. The molecule has 2 aliphatic heterocycles. The van der Waals surface area contributed by atoms with Gasteiger partial charge in [0.2, 0.25) is 5.43 Å². The zero-order valence-electron chi connectivity index (χ0n) is 20.7. The fraction of sp³-hybridized carbons (Fsp3) is 0.250. The Hall–Kier alpha value is -4.41. The van der Waals surface area contributed by atoms with Crippen LogP contribution in [0.4, 0.5) is 17.6 Å². The number of ether oxygens (including phenoxy) is 1. The number of pyridine rings is 1. The van der Waals surface area contributed by atoms with Gasteiger partial charge in [-0.05, 0) is 18.6 Å². The minimum Gasteiger partial charge on any atom is -0.483 e. The number of nitrogens with zero attached hydrogens (tertiary/aromatic N) is 2. The largest absolute Gasteiger partial charge is 0.483 e. The molecule has 2 amide bonds. The molecule has 0 saturated heterocycles. The number of carbonyl (C=O) groups excluding carboxylic acids is 2. The molecule has 3 aromatic rings. The quantitative estimate of drug-likeness (QED) is 0.469. The molecular weight excluding hydrogens is 518 g/mol.